The molecule has 4 atom stereocenters. The van der Waals surface area contributed by atoms with Gasteiger partial charge in [0.05, 0.1) is 0 Å². The maximum atomic E-state index is 3.73. The summed E-state index contributed by atoms with van der Waals surface area (Å²) in [6.07, 6.45) is 9.96. The monoisotopic (exact) mass is 239 g/mol. The normalized spacial score (nSPS) is 31.4. The second-order valence-electron chi connectivity index (χ2n) is 6.14. The minimum atomic E-state index is 0.808. The van der Waals surface area contributed by atoms with Crippen LogP contribution in [0.25, 0.3) is 0 Å². The molecule has 0 aliphatic heterocycles. The van der Waals surface area contributed by atoms with Gasteiger partial charge >= 0.3 is 0 Å². The summed E-state index contributed by atoms with van der Waals surface area (Å²) >= 11 is 0. The lowest BCUT2D eigenvalue weighted by molar-refractivity contribution is 0.169. The molecule has 1 N–H and O–H groups in total. The van der Waals surface area contributed by atoms with E-state index in [0.29, 0.717) is 0 Å². The zero-order valence-corrected chi connectivity index (χ0v) is 12.5. The highest BCUT2D eigenvalue weighted by molar-refractivity contribution is 4.85. The number of hydrogen-bond acceptors (Lipinski definition) is 1. The Morgan fingerprint density at radius 1 is 1.18 bits per heavy atom. The molecule has 1 fully saturated rings. The van der Waals surface area contributed by atoms with Gasteiger partial charge in [0, 0.05) is 6.04 Å². The summed E-state index contributed by atoms with van der Waals surface area (Å²) in [6.45, 7) is 10.5. The first kappa shape index (κ1) is 15.0. The molecule has 0 spiro atoms. The van der Waals surface area contributed by atoms with E-state index in [0.717, 1.165) is 30.3 Å². The van der Waals surface area contributed by atoms with Crippen LogP contribution in [0.3, 0.4) is 0 Å². The molecule has 0 bridgehead atoms. The number of rotatable bonds is 7. The van der Waals surface area contributed by atoms with Crippen LogP contribution < -0.4 is 5.32 Å². The van der Waals surface area contributed by atoms with Crippen LogP contribution in [0, 0.1) is 17.8 Å². The maximum absolute atomic E-state index is 3.73. The van der Waals surface area contributed by atoms with Crippen LogP contribution >= 0.6 is 0 Å². The Hall–Kier alpha value is -0.0400. The zero-order valence-electron chi connectivity index (χ0n) is 12.5. The van der Waals surface area contributed by atoms with Crippen molar-refractivity contribution in [3.05, 3.63) is 0 Å². The van der Waals surface area contributed by atoms with E-state index in [1.54, 1.807) is 0 Å². The molecule has 0 aromatic heterocycles. The first-order valence-electron chi connectivity index (χ1n) is 7.94. The van der Waals surface area contributed by atoms with E-state index in [1.807, 2.05) is 0 Å². The van der Waals surface area contributed by atoms with Crippen molar-refractivity contribution >= 4 is 0 Å². The molecule has 1 heteroatoms. The average molecular weight is 239 g/mol. The van der Waals surface area contributed by atoms with Crippen molar-refractivity contribution in [1.82, 2.24) is 5.32 Å². The van der Waals surface area contributed by atoms with Crippen molar-refractivity contribution in [3.8, 4) is 0 Å². The Morgan fingerprint density at radius 2 is 1.94 bits per heavy atom. The average Bonchev–Trinajstić information content (AvgIpc) is 2.33. The Labute approximate surface area is 109 Å². The van der Waals surface area contributed by atoms with Gasteiger partial charge in [0.15, 0.2) is 0 Å². The second-order valence-corrected chi connectivity index (χ2v) is 6.14. The summed E-state index contributed by atoms with van der Waals surface area (Å²) in [5, 5.41) is 3.73. The molecule has 102 valence electrons. The van der Waals surface area contributed by atoms with Gasteiger partial charge in [0.1, 0.15) is 0 Å². The molecule has 0 saturated heterocycles. The third-order valence-corrected chi connectivity index (χ3v) is 4.66. The van der Waals surface area contributed by atoms with Gasteiger partial charge in [-0.3, -0.25) is 0 Å². The molecule has 0 aromatic carbocycles. The lowest BCUT2D eigenvalue weighted by atomic mass is 9.73. The third-order valence-electron chi connectivity index (χ3n) is 4.66. The zero-order chi connectivity index (χ0) is 12.7. The molecule has 0 amide bonds. The topological polar surface area (TPSA) is 12.0 Å². The minimum Gasteiger partial charge on any atom is -0.314 e. The van der Waals surface area contributed by atoms with Crippen LogP contribution in [0.4, 0.5) is 0 Å². The summed E-state index contributed by atoms with van der Waals surface area (Å²) in [6, 6.07) is 0.808. The van der Waals surface area contributed by atoms with Gasteiger partial charge in [0.2, 0.25) is 0 Å². The highest BCUT2D eigenvalue weighted by Crippen LogP contribution is 2.36. The van der Waals surface area contributed by atoms with E-state index < -0.39 is 0 Å². The molecular weight excluding hydrogens is 206 g/mol. The van der Waals surface area contributed by atoms with Gasteiger partial charge in [-0.05, 0) is 50.0 Å². The smallest absolute Gasteiger partial charge is 0.00955 e. The van der Waals surface area contributed by atoms with Gasteiger partial charge in [0.25, 0.3) is 0 Å². The highest BCUT2D eigenvalue weighted by atomic mass is 14.9. The number of nitrogens with one attached hydrogen (secondary N) is 1. The fraction of sp³-hybridized carbons (Fsp3) is 1.00. The van der Waals surface area contributed by atoms with E-state index in [9.17, 15) is 0 Å². The minimum absolute atomic E-state index is 0.808. The maximum Gasteiger partial charge on any atom is 0.00955 e. The van der Waals surface area contributed by atoms with Crippen molar-refractivity contribution in [2.24, 2.45) is 17.8 Å². The first-order chi connectivity index (χ1) is 8.21. The van der Waals surface area contributed by atoms with Crippen molar-refractivity contribution < 1.29 is 0 Å². The SMILES string of the molecule is CCCC1CCC(NCC)C(CC(C)CC)C1. The van der Waals surface area contributed by atoms with Crippen molar-refractivity contribution in [2.45, 2.75) is 78.7 Å². The molecular formula is C16H33N. The van der Waals surface area contributed by atoms with E-state index >= 15 is 0 Å². The Balaban J connectivity index is 2.49. The largest absolute Gasteiger partial charge is 0.314 e. The molecule has 4 unspecified atom stereocenters. The van der Waals surface area contributed by atoms with E-state index in [4.69, 9.17) is 0 Å². The van der Waals surface area contributed by atoms with Crippen LogP contribution in [0.15, 0.2) is 0 Å². The van der Waals surface area contributed by atoms with Gasteiger partial charge in [-0.1, -0.05) is 47.0 Å². The molecule has 1 saturated carbocycles. The van der Waals surface area contributed by atoms with Crippen LogP contribution in [0.1, 0.15) is 72.6 Å². The number of hydrogen-bond donors (Lipinski definition) is 1. The fourth-order valence-corrected chi connectivity index (χ4v) is 3.51. The summed E-state index contributed by atoms with van der Waals surface area (Å²) in [4.78, 5) is 0. The predicted molar refractivity (Wildman–Crippen MR) is 77.3 cm³/mol. The summed E-state index contributed by atoms with van der Waals surface area (Å²) in [7, 11) is 0. The van der Waals surface area contributed by atoms with Gasteiger partial charge in [-0.25, -0.2) is 0 Å². The lowest BCUT2D eigenvalue weighted by Crippen LogP contribution is -2.41. The molecule has 0 radical (unpaired) electrons. The fourth-order valence-electron chi connectivity index (χ4n) is 3.51. The molecule has 0 aromatic rings. The van der Waals surface area contributed by atoms with Crippen molar-refractivity contribution in [2.75, 3.05) is 6.54 Å². The Bertz CT molecular complexity index is 190. The van der Waals surface area contributed by atoms with E-state index in [-0.39, 0.29) is 0 Å². The highest BCUT2D eigenvalue weighted by Gasteiger charge is 2.30. The standard InChI is InChI=1S/C16H33N/c1-5-8-14-9-10-16(17-7-3)15(12-14)11-13(4)6-2/h13-17H,5-12H2,1-4H3. The van der Waals surface area contributed by atoms with Gasteiger partial charge < -0.3 is 5.32 Å². The van der Waals surface area contributed by atoms with Crippen molar-refractivity contribution in [3.63, 3.8) is 0 Å². The molecule has 1 aliphatic carbocycles. The van der Waals surface area contributed by atoms with Gasteiger partial charge in [-0.2, -0.15) is 0 Å². The second kappa shape index (κ2) is 8.13. The molecule has 17 heavy (non-hydrogen) atoms. The Kier molecular flexibility index (Phi) is 7.18. The summed E-state index contributed by atoms with van der Waals surface area (Å²) < 4.78 is 0. The van der Waals surface area contributed by atoms with E-state index in [1.165, 1.54) is 44.9 Å². The molecule has 1 rings (SSSR count). The van der Waals surface area contributed by atoms with Crippen LogP contribution in [-0.4, -0.2) is 12.6 Å². The van der Waals surface area contributed by atoms with Crippen LogP contribution in [0.2, 0.25) is 0 Å². The lowest BCUT2D eigenvalue weighted by Gasteiger charge is -2.38. The third kappa shape index (κ3) is 4.99. The van der Waals surface area contributed by atoms with Gasteiger partial charge in [-0.15, -0.1) is 0 Å². The van der Waals surface area contributed by atoms with E-state index in [2.05, 4.69) is 33.0 Å². The molecule has 1 aliphatic rings. The summed E-state index contributed by atoms with van der Waals surface area (Å²) in [5.41, 5.74) is 0. The predicted octanol–water partition coefficient (Wildman–Crippen LogP) is 4.62. The summed E-state index contributed by atoms with van der Waals surface area (Å²) in [5.74, 6) is 2.86. The molecule has 0 heterocycles. The quantitative estimate of drug-likeness (QED) is 0.683. The Morgan fingerprint density at radius 3 is 2.53 bits per heavy atom. The first-order valence-corrected chi connectivity index (χ1v) is 7.94. The van der Waals surface area contributed by atoms with Crippen LogP contribution in [0.5, 0.6) is 0 Å². The van der Waals surface area contributed by atoms with Crippen molar-refractivity contribution in [1.29, 1.82) is 0 Å². The molecule has 1 nitrogen and oxygen atoms in total. The van der Waals surface area contributed by atoms with Crippen LogP contribution in [-0.2, 0) is 0 Å².